The molecule has 0 saturated heterocycles. The summed E-state index contributed by atoms with van der Waals surface area (Å²) in [5.41, 5.74) is 2.31. The molecule has 2 unspecified atom stereocenters. The maximum atomic E-state index is 14.5. The molecular weight excluding hydrogens is 479 g/mol. The maximum Gasteiger partial charge on any atom is 0.217 e. The van der Waals surface area contributed by atoms with E-state index in [1.807, 2.05) is 85.7 Å². The highest BCUT2D eigenvalue weighted by Crippen LogP contribution is 2.47. The zero-order valence-corrected chi connectivity index (χ0v) is 21.8. The van der Waals surface area contributed by atoms with Crippen LogP contribution in [0.1, 0.15) is 29.0 Å². The van der Waals surface area contributed by atoms with E-state index in [0.29, 0.717) is 30.0 Å². The molecule has 0 amide bonds. The first kappa shape index (κ1) is 25.6. The fourth-order valence-electron chi connectivity index (χ4n) is 5.11. The number of aromatic nitrogens is 1. The molecule has 0 bridgehead atoms. The lowest BCUT2D eigenvalue weighted by Gasteiger charge is -2.39. The van der Waals surface area contributed by atoms with E-state index in [-0.39, 0.29) is 0 Å². The predicted molar refractivity (Wildman–Crippen MR) is 148 cm³/mol. The van der Waals surface area contributed by atoms with Gasteiger partial charge in [-0.25, -0.2) is 9.37 Å². The number of ether oxygens (including phenoxy) is 1. The second kappa shape index (κ2) is 10.8. The fraction of sp³-hybridized carbons (Fsp3) is 0.219. The van der Waals surface area contributed by atoms with Crippen LogP contribution in [0.5, 0.6) is 5.88 Å². The monoisotopic (exact) mass is 510 g/mol. The Hall–Kier alpha value is -4.00. The molecule has 2 atom stereocenters. The Labute approximate surface area is 222 Å². The van der Waals surface area contributed by atoms with Crippen LogP contribution < -0.4 is 4.74 Å². The standard InChI is InChI=1S/C32H31FN2O3/c1-35(2)17-16-32(36,25-11-7-12-26(33)21-25)30(22-9-5-4-6-10-22)27-20-24-19-23(29-13-8-18-38-29)14-15-28(24)34-31(27)37-3/h4-15,18-21,30,36H,16-17H2,1-3H3. The van der Waals surface area contributed by atoms with Gasteiger partial charge in [0.25, 0.3) is 0 Å². The van der Waals surface area contributed by atoms with Crippen LogP contribution >= 0.6 is 0 Å². The van der Waals surface area contributed by atoms with Crippen LogP contribution in [0.15, 0.2) is 102 Å². The minimum absolute atomic E-state index is 0.358. The van der Waals surface area contributed by atoms with Crippen LogP contribution in [-0.4, -0.2) is 42.7 Å². The number of methoxy groups -OCH3 is 1. The molecule has 38 heavy (non-hydrogen) atoms. The number of aliphatic hydroxyl groups is 1. The van der Waals surface area contributed by atoms with Crippen molar-refractivity contribution in [2.45, 2.75) is 17.9 Å². The summed E-state index contributed by atoms with van der Waals surface area (Å²) in [6.45, 7) is 0.586. The molecule has 6 heteroatoms. The Morgan fingerprint density at radius 3 is 2.47 bits per heavy atom. The minimum atomic E-state index is -1.46. The molecule has 2 heterocycles. The fourth-order valence-corrected chi connectivity index (χ4v) is 5.11. The van der Waals surface area contributed by atoms with Crippen molar-refractivity contribution in [1.82, 2.24) is 9.88 Å². The third kappa shape index (κ3) is 5.05. The average Bonchev–Trinajstić information content (AvgIpc) is 3.47. The summed E-state index contributed by atoms with van der Waals surface area (Å²) in [4.78, 5) is 6.85. The van der Waals surface area contributed by atoms with Crippen LogP contribution in [0.4, 0.5) is 4.39 Å². The van der Waals surface area contributed by atoms with Crippen molar-refractivity contribution < 1.29 is 18.7 Å². The zero-order chi connectivity index (χ0) is 26.7. The molecule has 0 fully saturated rings. The number of benzene rings is 3. The Morgan fingerprint density at radius 2 is 1.79 bits per heavy atom. The SMILES string of the molecule is COc1nc2ccc(-c3ccco3)cc2cc1C(c1ccccc1)C(O)(CCN(C)C)c1cccc(F)c1. The van der Waals surface area contributed by atoms with Gasteiger partial charge in [-0.2, -0.15) is 0 Å². The molecule has 0 aliphatic rings. The number of nitrogens with zero attached hydrogens (tertiary/aromatic N) is 2. The minimum Gasteiger partial charge on any atom is -0.481 e. The van der Waals surface area contributed by atoms with Gasteiger partial charge in [0, 0.05) is 29.0 Å². The van der Waals surface area contributed by atoms with E-state index >= 15 is 0 Å². The third-order valence-electron chi connectivity index (χ3n) is 6.99. The lowest BCUT2D eigenvalue weighted by Crippen LogP contribution is -2.38. The molecule has 0 aliphatic carbocycles. The smallest absolute Gasteiger partial charge is 0.217 e. The van der Waals surface area contributed by atoms with Gasteiger partial charge in [0.1, 0.15) is 17.2 Å². The first-order valence-corrected chi connectivity index (χ1v) is 12.6. The van der Waals surface area contributed by atoms with Crippen molar-refractivity contribution in [1.29, 1.82) is 0 Å². The first-order valence-electron chi connectivity index (χ1n) is 12.6. The summed E-state index contributed by atoms with van der Waals surface area (Å²) in [5, 5.41) is 13.5. The molecule has 1 N–H and O–H groups in total. The second-order valence-electron chi connectivity index (χ2n) is 9.80. The molecule has 3 aromatic carbocycles. The highest BCUT2D eigenvalue weighted by atomic mass is 19.1. The molecule has 5 rings (SSSR count). The van der Waals surface area contributed by atoms with E-state index < -0.39 is 17.3 Å². The van der Waals surface area contributed by atoms with E-state index in [2.05, 4.69) is 0 Å². The molecule has 194 valence electrons. The number of hydrogen-bond acceptors (Lipinski definition) is 5. The number of rotatable bonds is 9. The van der Waals surface area contributed by atoms with Crippen molar-refractivity contribution >= 4 is 10.9 Å². The van der Waals surface area contributed by atoms with Gasteiger partial charge in [0.05, 0.1) is 18.9 Å². The third-order valence-corrected chi connectivity index (χ3v) is 6.99. The van der Waals surface area contributed by atoms with Crippen molar-refractivity contribution in [3.05, 3.63) is 120 Å². The zero-order valence-electron chi connectivity index (χ0n) is 21.8. The number of hydrogen-bond donors (Lipinski definition) is 1. The predicted octanol–water partition coefficient (Wildman–Crippen LogP) is 6.61. The number of furan rings is 1. The molecule has 5 aromatic rings. The van der Waals surface area contributed by atoms with E-state index in [9.17, 15) is 9.50 Å². The maximum absolute atomic E-state index is 14.5. The van der Waals surface area contributed by atoms with Crippen molar-refractivity contribution in [3.8, 4) is 17.2 Å². The van der Waals surface area contributed by atoms with Crippen molar-refractivity contribution in [2.75, 3.05) is 27.7 Å². The summed E-state index contributed by atoms with van der Waals surface area (Å²) in [5.74, 6) is 0.178. The van der Waals surface area contributed by atoms with E-state index in [1.165, 1.54) is 12.1 Å². The summed E-state index contributed by atoms with van der Waals surface area (Å²) in [6.07, 6.45) is 2.00. The molecule has 0 saturated carbocycles. The van der Waals surface area contributed by atoms with Crippen LogP contribution in [0, 0.1) is 5.82 Å². The summed E-state index contributed by atoms with van der Waals surface area (Å²) >= 11 is 0. The van der Waals surface area contributed by atoms with E-state index in [4.69, 9.17) is 14.1 Å². The molecule has 5 nitrogen and oxygen atoms in total. The van der Waals surface area contributed by atoms with Crippen LogP contribution in [0.2, 0.25) is 0 Å². The quantitative estimate of drug-likeness (QED) is 0.242. The summed E-state index contributed by atoms with van der Waals surface area (Å²) in [6, 6.07) is 27.7. The van der Waals surface area contributed by atoms with Gasteiger partial charge in [-0.3, -0.25) is 0 Å². The summed E-state index contributed by atoms with van der Waals surface area (Å²) in [7, 11) is 5.49. The molecule has 0 aliphatic heterocycles. The highest BCUT2D eigenvalue weighted by molar-refractivity contribution is 5.85. The Kier molecular flexibility index (Phi) is 7.27. The second-order valence-corrected chi connectivity index (χ2v) is 9.80. The topological polar surface area (TPSA) is 58.7 Å². The van der Waals surface area contributed by atoms with Gasteiger partial charge in [-0.05, 0) is 80.2 Å². The average molecular weight is 511 g/mol. The lowest BCUT2D eigenvalue weighted by atomic mass is 9.71. The van der Waals surface area contributed by atoms with Gasteiger partial charge < -0.3 is 19.2 Å². The van der Waals surface area contributed by atoms with Crippen LogP contribution in [0.3, 0.4) is 0 Å². The molecule has 0 radical (unpaired) electrons. The molecular formula is C32H31FN2O3. The Balaban J connectivity index is 1.77. The highest BCUT2D eigenvalue weighted by Gasteiger charge is 2.42. The van der Waals surface area contributed by atoms with E-state index in [1.54, 1.807) is 25.5 Å². The van der Waals surface area contributed by atoms with Gasteiger partial charge in [-0.15, -0.1) is 0 Å². The number of halogens is 1. The van der Waals surface area contributed by atoms with Gasteiger partial charge in [-0.1, -0.05) is 42.5 Å². The number of fused-ring (bicyclic) bond motifs is 1. The van der Waals surface area contributed by atoms with Gasteiger partial charge in [0.2, 0.25) is 5.88 Å². The van der Waals surface area contributed by atoms with Gasteiger partial charge >= 0.3 is 0 Å². The largest absolute Gasteiger partial charge is 0.481 e. The molecule has 0 spiro atoms. The Morgan fingerprint density at radius 1 is 0.974 bits per heavy atom. The molecule has 2 aromatic heterocycles. The first-order chi connectivity index (χ1) is 18.4. The van der Waals surface area contributed by atoms with Crippen molar-refractivity contribution in [2.24, 2.45) is 0 Å². The van der Waals surface area contributed by atoms with Gasteiger partial charge in [0.15, 0.2) is 0 Å². The lowest BCUT2D eigenvalue weighted by molar-refractivity contribution is 0.00354. The Bertz CT molecular complexity index is 1520. The number of pyridine rings is 1. The van der Waals surface area contributed by atoms with Crippen LogP contribution in [0.25, 0.3) is 22.2 Å². The van der Waals surface area contributed by atoms with Crippen LogP contribution in [-0.2, 0) is 5.60 Å². The van der Waals surface area contributed by atoms with E-state index in [0.717, 1.165) is 27.8 Å². The summed E-state index contributed by atoms with van der Waals surface area (Å²) < 4.78 is 26.0. The van der Waals surface area contributed by atoms with Crippen molar-refractivity contribution in [3.63, 3.8) is 0 Å². The normalized spacial score (nSPS) is 13.9.